The van der Waals surface area contributed by atoms with E-state index in [4.69, 9.17) is 5.73 Å². The lowest BCUT2D eigenvalue weighted by molar-refractivity contribution is -0.127. The molecule has 1 amide bonds. The SMILES string of the molecule is Cl.NC1C2CCC(C2)C1C(=O)NCC(O)c1ccc(F)cc1. The van der Waals surface area contributed by atoms with Gasteiger partial charge in [-0.05, 0) is 48.8 Å². The summed E-state index contributed by atoms with van der Waals surface area (Å²) in [7, 11) is 0. The molecule has 0 aliphatic heterocycles. The summed E-state index contributed by atoms with van der Waals surface area (Å²) in [5, 5.41) is 12.8. The van der Waals surface area contributed by atoms with E-state index in [1.54, 1.807) is 0 Å². The highest BCUT2D eigenvalue weighted by Crippen LogP contribution is 2.47. The predicted molar refractivity (Wildman–Crippen MR) is 83.9 cm³/mol. The van der Waals surface area contributed by atoms with Gasteiger partial charge < -0.3 is 16.2 Å². The van der Waals surface area contributed by atoms with Crippen LogP contribution in [0.4, 0.5) is 4.39 Å². The van der Waals surface area contributed by atoms with E-state index in [0.29, 0.717) is 17.4 Å². The van der Waals surface area contributed by atoms with Crippen LogP contribution in [0.2, 0.25) is 0 Å². The molecule has 2 aliphatic rings. The average molecular weight is 329 g/mol. The highest BCUT2D eigenvalue weighted by atomic mass is 35.5. The lowest BCUT2D eigenvalue weighted by atomic mass is 9.84. The lowest BCUT2D eigenvalue weighted by Gasteiger charge is -2.27. The first-order chi connectivity index (χ1) is 10.1. The van der Waals surface area contributed by atoms with Crippen LogP contribution in [0.3, 0.4) is 0 Å². The maximum atomic E-state index is 12.8. The van der Waals surface area contributed by atoms with Crippen LogP contribution in [-0.4, -0.2) is 23.6 Å². The van der Waals surface area contributed by atoms with Gasteiger partial charge in [0.25, 0.3) is 0 Å². The Morgan fingerprint density at radius 2 is 1.95 bits per heavy atom. The number of hydrogen-bond acceptors (Lipinski definition) is 3. The molecule has 4 nitrogen and oxygen atoms in total. The number of halogens is 2. The fourth-order valence-electron chi connectivity index (χ4n) is 3.84. The Balaban J connectivity index is 0.00000176. The van der Waals surface area contributed by atoms with Crippen LogP contribution in [0.15, 0.2) is 24.3 Å². The molecule has 2 bridgehead atoms. The van der Waals surface area contributed by atoms with Crippen molar-refractivity contribution in [2.24, 2.45) is 23.5 Å². The summed E-state index contributed by atoms with van der Waals surface area (Å²) in [6.45, 7) is 0.130. The number of nitrogens with two attached hydrogens (primary N) is 1. The number of hydrogen-bond donors (Lipinski definition) is 3. The van der Waals surface area contributed by atoms with Gasteiger partial charge in [-0.2, -0.15) is 0 Å². The second-order valence-corrected chi connectivity index (χ2v) is 6.25. The van der Waals surface area contributed by atoms with Crippen molar-refractivity contribution in [3.63, 3.8) is 0 Å². The summed E-state index contributed by atoms with van der Waals surface area (Å²) >= 11 is 0. The van der Waals surface area contributed by atoms with Crippen molar-refractivity contribution >= 4 is 18.3 Å². The fraction of sp³-hybridized carbons (Fsp3) is 0.562. The van der Waals surface area contributed by atoms with Crippen molar-refractivity contribution in [2.75, 3.05) is 6.54 Å². The second kappa shape index (κ2) is 6.94. The first kappa shape index (κ1) is 17.2. The number of benzene rings is 1. The van der Waals surface area contributed by atoms with Gasteiger partial charge in [-0.1, -0.05) is 12.1 Å². The Morgan fingerprint density at radius 1 is 1.32 bits per heavy atom. The predicted octanol–water partition coefficient (Wildman–Crippen LogP) is 1.77. The Bertz CT molecular complexity index is 523. The van der Waals surface area contributed by atoms with E-state index >= 15 is 0 Å². The molecule has 0 heterocycles. The number of carbonyl (C=O) groups is 1. The molecule has 0 aromatic heterocycles. The molecule has 2 aliphatic carbocycles. The van der Waals surface area contributed by atoms with Crippen LogP contribution < -0.4 is 11.1 Å². The molecular weight excluding hydrogens is 307 g/mol. The normalized spacial score (nSPS) is 30.7. The summed E-state index contributed by atoms with van der Waals surface area (Å²) < 4.78 is 12.8. The topological polar surface area (TPSA) is 75.4 Å². The number of rotatable bonds is 4. The zero-order chi connectivity index (χ0) is 15.0. The summed E-state index contributed by atoms with van der Waals surface area (Å²) in [5.74, 6) is 0.351. The van der Waals surface area contributed by atoms with Crippen molar-refractivity contribution in [2.45, 2.75) is 31.4 Å². The Kier molecular flexibility index (Phi) is 5.42. The van der Waals surface area contributed by atoms with Crippen molar-refractivity contribution < 1.29 is 14.3 Å². The smallest absolute Gasteiger partial charge is 0.225 e. The van der Waals surface area contributed by atoms with E-state index in [2.05, 4.69) is 5.32 Å². The molecule has 5 atom stereocenters. The molecular formula is C16H22ClFN2O2. The molecule has 0 spiro atoms. The van der Waals surface area contributed by atoms with Crippen LogP contribution in [0.5, 0.6) is 0 Å². The van der Waals surface area contributed by atoms with E-state index in [-0.39, 0.29) is 42.6 Å². The third-order valence-electron chi connectivity index (χ3n) is 5.01. The zero-order valence-electron chi connectivity index (χ0n) is 12.2. The first-order valence-corrected chi connectivity index (χ1v) is 7.53. The largest absolute Gasteiger partial charge is 0.387 e. The monoisotopic (exact) mass is 328 g/mol. The van der Waals surface area contributed by atoms with Gasteiger partial charge in [0, 0.05) is 12.6 Å². The van der Waals surface area contributed by atoms with Gasteiger partial charge in [0.1, 0.15) is 5.82 Å². The third-order valence-corrected chi connectivity index (χ3v) is 5.01. The maximum Gasteiger partial charge on any atom is 0.225 e. The number of amides is 1. The van der Waals surface area contributed by atoms with Crippen LogP contribution >= 0.6 is 12.4 Å². The van der Waals surface area contributed by atoms with Crippen LogP contribution in [0.1, 0.15) is 30.9 Å². The first-order valence-electron chi connectivity index (χ1n) is 7.53. The summed E-state index contributed by atoms with van der Waals surface area (Å²) in [6.07, 6.45) is 2.44. The van der Waals surface area contributed by atoms with Gasteiger partial charge in [0.15, 0.2) is 0 Å². The Morgan fingerprint density at radius 3 is 2.55 bits per heavy atom. The van der Waals surface area contributed by atoms with Crippen LogP contribution in [-0.2, 0) is 4.79 Å². The molecule has 3 rings (SSSR count). The Labute approximate surface area is 135 Å². The molecule has 122 valence electrons. The van der Waals surface area contributed by atoms with E-state index in [0.717, 1.165) is 19.3 Å². The molecule has 5 unspecified atom stereocenters. The van der Waals surface area contributed by atoms with Crippen molar-refractivity contribution in [1.29, 1.82) is 0 Å². The van der Waals surface area contributed by atoms with Gasteiger partial charge in [0.2, 0.25) is 5.91 Å². The zero-order valence-corrected chi connectivity index (χ0v) is 13.1. The van der Waals surface area contributed by atoms with Crippen molar-refractivity contribution in [3.8, 4) is 0 Å². The quantitative estimate of drug-likeness (QED) is 0.788. The summed E-state index contributed by atoms with van der Waals surface area (Å²) in [6, 6.07) is 5.59. The number of aliphatic hydroxyl groups is 1. The highest BCUT2D eigenvalue weighted by Gasteiger charge is 2.48. The molecule has 1 aromatic carbocycles. The molecule has 0 saturated heterocycles. The standard InChI is InChI=1S/C16H21FN2O2.ClH/c17-12-5-3-9(4-6-12)13(20)8-19-16(21)14-10-1-2-11(7-10)15(14)18;/h3-6,10-11,13-15,20H,1-2,7-8,18H2,(H,19,21);1H. The molecule has 0 radical (unpaired) electrons. The van der Waals surface area contributed by atoms with E-state index in [1.165, 1.54) is 24.3 Å². The van der Waals surface area contributed by atoms with Crippen molar-refractivity contribution in [3.05, 3.63) is 35.6 Å². The molecule has 2 saturated carbocycles. The number of aliphatic hydroxyl groups excluding tert-OH is 1. The van der Waals surface area contributed by atoms with Crippen LogP contribution in [0.25, 0.3) is 0 Å². The lowest BCUT2D eigenvalue weighted by Crippen LogP contribution is -2.46. The number of nitrogens with one attached hydrogen (secondary N) is 1. The van der Waals surface area contributed by atoms with E-state index < -0.39 is 6.10 Å². The van der Waals surface area contributed by atoms with E-state index in [1.807, 2.05) is 0 Å². The molecule has 1 aromatic rings. The van der Waals surface area contributed by atoms with Gasteiger partial charge in [-0.3, -0.25) is 4.79 Å². The van der Waals surface area contributed by atoms with Crippen molar-refractivity contribution in [1.82, 2.24) is 5.32 Å². The van der Waals surface area contributed by atoms with Gasteiger partial charge >= 0.3 is 0 Å². The van der Waals surface area contributed by atoms with Gasteiger partial charge in [-0.25, -0.2) is 4.39 Å². The minimum atomic E-state index is -0.829. The third kappa shape index (κ3) is 3.26. The highest BCUT2D eigenvalue weighted by molar-refractivity contribution is 5.85. The molecule has 2 fully saturated rings. The van der Waals surface area contributed by atoms with Gasteiger partial charge in [0.05, 0.1) is 12.0 Å². The Hall–Kier alpha value is -1.17. The van der Waals surface area contributed by atoms with Gasteiger partial charge in [-0.15, -0.1) is 12.4 Å². The number of fused-ring (bicyclic) bond motifs is 2. The number of carbonyl (C=O) groups excluding carboxylic acids is 1. The molecule has 6 heteroatoms. The van der Waals surface area contributed by atoms with E-state index in [9.17, 15) is 14.3 Å². The molecule has 22 heavy (non-hydrogen) atoms. The summed E-state index contributed by atoms with van der Waals surface area (Å²) in [5.41, 5.74) is 6.73. The van der Waals surface area contributed by atoms with Crippen LogP contribution in [0, 0.1) is 23.6 Å². The summed E-state index contributed by atoms with van der Waals surface area (Å²) in [4.78, 5) is 12.3. The second-order valence-electron chi connectivity index (χ2n) is 6.25. The maximum absolute atomic E-state index is 12.8. The minimum absolute atomic E-state index is 0. The molecule has 4 N–H and O–H groups in total. The average Bonchev–Trinajstić information content (AvgIpc) is 3.06. The minimum Gasteiger partial charge on any atom is -0.387 e. The fourth-order valence-corrected chi connectivity index (χ4v) is 3.84.